The van der Waals surface area contributed by atoms with E-state index in [2.05, 4.69) is 20.8 Å². The highest BCUT2D eigenvalue weighted by Gasteiger charge is 2.29. The SMILES string of the molecule is Cc1cc(S(=O)(=O)N(C)Cl)ccc1-c1ccc(CC(NC(=O)C2CCC(CN)CC2)C(=O)Nc2ccc3c(=O)[nH][nH]c3c2)cc1. The summed E-state index contributed by atoms with van der Waals surface area (Å²) in [5.74, 6) is -0.286. The number of aromatic amines is 2. The summed E-state index contributed by atoms with van der Waals surface area (Å²) in [6.45, 7) is 2.44. The maximum atomic E-state index is 13.6. The van der Waals surface area contributed by atoms with Crippen LogP contribution >= 0.6 is 11.8 Å². The molecule has 1 heterocycles. The fourth-order valence-electron chi connectivity index (χ4n) is 5.83. The zero-order chi connectivity index (χ0) is 32.3. The molecule has 2 amide bonds. The van der Waals surface area contributed by atoms with Crippen molar-refractivity contribution in [2.24, 2.45) is 17.6 Å². The Balaban J connectivity index is 1.35. The fraction of sp³-hybridized carbons (Fsp3) is 0.344. The molecule has 6 N–H and O–H groups in total. The van der Waals surface area contributed by atoms with Crippen LogP contribution in [0.5, 0.6) is 0 Å². The van der Waals surface area contributed by atoms with Gasteiger partial charge < -0.3 is 16.4 Å². The molecule has 0 spiro atoms. The number of benzene rings is 3. The molecule has 0 aliphatic heterocycles. The Hall–Kier alpha value is -3.97. The smallest absolute Gasteiger partial charge is 0.271 e. The molecule has 11 nitrogen and oxygen atoms in total. The number of rotatable bonds is 10. The number of hydrogen-bond acceptors (Lipinski definition) is 6. The number of hydrogen-bond donors (Lipinski definition) is 5. The van der Waals surface area contributed by atoms with Crippen LogP contribution in [0, 0.1) is 18.8 Å². The number of carbonyl (C=O) groups is 2. The van der Waals surface area contributed by atoms with Crippen LogP contribution in [-0.2, 0) is 26.0 Å². The third-order valence-electron chi connectivity index (χ3n) is 8.56. The van der Waals surface area contributed by atoms with Gasteiger partial charge in [-0.3, -0.25) is 24.6 Å². The number of halogens is 1. The Morgan fingerprint density at radius 2 is 1.73 bits per heavy atom. The highest BCUT2D eigenvalue weighted by atomic mass is 35.5. The largest absolute Gasteiger partial charge is 0.344 e. The predicted molar refractivity (Wildman–Crippen MR) is 175 cm³/mol. The van der Waals surface area contributed by atoms with E-state index in [-0.39, 0.29) is 34.6 Å². The van der Waals surface area contributed by atoms with E-state index >= 15 is 0 Å². The number of anilines is 1. The predicted octanol–water partition coefficient (Wildman–Crippen LogP) is 4.04. The lowest BCUT2D eigenvalue weighted by molar-refractivity contribution is -0.130. The molecule has 1 aliphatic carbocycles. The van der Waals surface area contributed by atoms with Crippen LogP contribution in [0.1, 0.15) is 36.8 Å². The van der Waals surface area contributed by atoms with Crippen LogP contribution in [0.4, 0.5) is 5.69 Å². The van der Waals surface area contributed by atoms with Crippen molar-refractivity contribution >= 4 is 50.2 Å². The summed E-state index contributed by atoms with van der Waals surface area (Å²) in [5, 5.41) is 11.7. The number of fused-ring (bicyclic) bond motifs is 1. The summed E-state index contributed by atoms with van der Waals surface area (Å²) < 4.78 is 25.5. The molecule has 238 valence electrons. The average Bonchev–Trinajstić information content (AvgIpc) is 3.40. The minimum atomic E-state index is -3.78. The molecule has 0 radical (unpaired) electrons. The highest BCUT2D eigenvalue weighted by Crippen LogP contribution is 2.30. The van der Waals surface area contributed by atoms with Gasteiger partial charge in [-0.25, -0.2) is 8.42 Å². The van der Waals surface area contributed by atoms with Gasteiger partial charge in [-0.15, -0.1) is 3.82 Å². The van der Waals surface area contributed by atoms with Crippen LogP contribution in [0.2, 0.25) is 0 Å². The third-order valence-corrected chi connectivity index (χ3v) is 10.6. The monoisotopic (exact) mass is 652 g/mol. The number of H-pyrrole nitrogens is 2. The number of nitrogens with zero attached hydrogens (tertiary/aromatic N) is 1. The van der Waals surface area contributed by atoms with Gasteiger partial charge in [0.15, 0.2) is 0 Å². The van der Waals surface area contributed by atoms with Crippen molar-refractivity contribution in [3.05, 3.63) is 82.1 Å². The normalized spacial score (nSPS) is 17.7. The lowest BCUT2D eigenvalue weighted by Crippen LogP contribution is -2.48. The Bertz CT molecular complexity index is 1860. The van der Waals surface area contributed by atoms with Crippen molar-refractivity contribution in [2.75, 3.05) is 18.9 Å². The van der Waals surface area contributed by atoms with Gasteiger partial charge in [0.25, 0.3) is 15.6 Å². The average molecular weight is 653 g/mol. The van der Waals surface area contributed by atoms with E-state index in [1.807, 2.05) is 31.2 Å². The minimum Gasteiger partial charge on any atom is -0.344 e. The zero-order valence-electron chi connectivity index (χ0n) is 25.1. The summed E-state index contributed by atoms with van der Waals surface area (Å²) in [6, 6.07) is 16.5. The molecule has 13 heteroatoms. The fourth-order valence-corrected chi connectivity index (χ4v) is 6.92. The molecular weight excluding hydrogens is 616 g/mol. The van der Waals surface area contributed by atoms with Crippen molar-refractivity contribution in [1.29, 1.82) is 0 Å². The lowest BCUT2D eigenvalue weighted by atomic mass is 9.81. The lowest BCUT2D eigenvalue weighted by Gasteiger charge is -2.28. The number of carbonyl (C=O) groups excluding carboxylic acids is 2. The van der Waals surface area contributed by atoms with Gasteiger partial charge in [0.05, 0.1) is 15.8 Å². The summed E-state index contributed by atoms with van der Waals surface area (Å²) >= 11 is 5.72. The molecule has 1 unspecified atom stereocenters. The Morgan fingerprint density at radius 3 is 2.38 bits per heavy atom. The molecule has 0 bridgehead atoms. The van der Waals surface area contributed by atoms with E-state index in [9.17, 15) is 22.8 Å². The first-order valence-electron chi connectivity index (χ1n) is 14.8. The molecule has 1 aromatic heterocycles. The van der Waals surface area contributed by atoms with Crippen LogP contribution in [-0.4, -0.2) is 53.9 Å². The Kier molecular flexibility index (Phi) is 9.78. The first-order valence-corrected chi connectivity index (χ1v) is 16.6. The van der Waals surface area contributed by atoms with Gasteiger partial charge >= 0.3 is 0 Å². The third kappa shape index (κ3) is 7.30. The molecule has 0 saturated heterocycles. The number of nitrogens with two attached hydrogens (primary N) is 1. The van der Waals surface area contributed by atoms with Gasteiger partial charge in [-0.1, -0.05) is 30.3 Å². The van der Waals surface area contributed by atoms with Crippen LogP contribution in [0.25, 0.3) is 22.0 Å². The zero-order valence-corrected chi connectivity index (χ0v) is 26.7. The van der Waals surface area contributed by atoms with Crippen LogP contribution in [0.15, 0.2) is 70.4 Å². The van der Waals surface area contributed by atoms with E-state index in [4.69, 9.17) is 17.5 Å². The summed E-state index contributed by atoms with van der Waals surface area (Å²) in [7, 11) is -2.51. The van der Waals surface area contributed by atoms with Gasteiger partial charge in [0, 0.05) is 25.1 Å². The van der Waals surface area contributed by atoms with E-state index in [1.165, 1.54) is 13.1 Å². The molecule has 1 aliphatic rings. The summed E-state index contributed by atoms with van der Waals surface area (Å²) in [4.78, 5) is 38.9. The van der Waals surface area contributed by atoms with Crippen molar-refractivity contribution in [2.45, 2.75) is 50.0 Å². The van der Waals surface area contributed by atoms with Crippen LogP contribution in [0.3, 0.4) is 0 Å². The molecule has 5 rings (SSSR count). The van der Waals surface area contributed by atoms with E-state index < -0.39 is 16.1 Å². The molecule has 1 atom stereocenters. The first kappa shape index (κ1) is 32.4. The quantitative estimate of drug-likeness (QED) is 0.162. The molecule has 4 aromatic rings. The molecular formula is C32H37ClN6O5S. The molecule has 1 saturated carbocycles. The summed E-state index contributed by atoms with van der Waals surface area (Å²) in [6.07, 6.45) is 3.48. The number of amides is 2. The highest BCUT2D eigenvalue weighted by molar-refractivity contribution is 7.90. The summed E-state index contributed by atoms with van der Waals surface area (Å²) in [5.41, 5.74) is 9.94. The minimum absolute atomic E-state index is 0.0981. The number of nitrogens with one attached hydrogen (secondary N) is 4. The van der Waals surface area contributed by atoms with Crippen molar-refractivity contribution in [3.63, 3.8) is 0 Å². The van der Waals surface area contributed by atoms with Crippen LogP contribution < -0.4 is 21.9 Å². The van der Waals surface area contributed by atoms with Gasteiger partial charge in [-0.2, -0.15) is 0 Å². The molecule has 45 heavy (non-hydrogen) atoms. The number of aromatic nitrogens is 2. The topological polar surface area (TPSA) is 170 Å². The maximum Gasteiger partial charge on any atom is 0.271 e. The van der Waals surface area contributed by atoms with Crippen molar-refractivity contribution in [1.82, 2.24) is 19.3 Å². The van der Waals surface area contributed by atoms with E-state index in [0.29, 0.717) is 32.9 Å². The standard InChI is InChI=1S/C32H37ClN6O5S/c1-19-15-25(45(43,44)39(2)33)12-14-26(19)22-7-3-20(4-8-22)16-29(36-30(40)23-9-5-21(18-34)6-10-23)32(42)35-24-11-13-27-28(17-24)37-38-31(27)41/h3-4,7-8,11-15,17,21,23,29H,5-6,9-10,16,18,34H2,1-2H3,(H,35,42)(H,36,40)(H2,37,38,41). The Labute approximate surface area is 266 Å². The second-order valence-electron chi connectivity index (χ2n) is 11.6. The number of sulfonamides is 1. The van der Waals surface area contributed by atoms with Gasteiger partial charge in [-0.05, 0) is 109 Å². The maximum absolute atomic E-state index is 13.6. The van der Waals surface area contributed by atoms with Crippen molar-refractivity contribution < 1.29 is 18.0 Å². The van der Waals surface area contributed by atoms with Gasteiger partial charge in [0.2, 0.25) is 11.8 Å². The Morgan fingerprint density at radius 1 is 1.02 bits per heavy atom. The second-order valence-corrected chi connectivity index (χ2v) is 14.3. The van der Waals surface area contributed by atoms with E-state index in [1.54, 1.807) is 30.3 Å². The van der Waals surface area contributed by atoms with Crippen molar-refractivity contribution in [3.8, 4) is 11.1 Å². The second kappa shape index (κ2) is 13.6. The number of aryl methyl sites for hydroxylation is 1. The van der Waals surface area contributed by atoms with Gasteiger partial charge in [0.1, 0.15) is 6.04 Å². The molecule has 1 fully saturated rings. The van der Waals surface area contributed by atoms with E-state index in [0.717, 1.165) is 47.9 Å². The molecule has 3 aromatic carbocycles. The first-order chi connectivity index (χ1) is 21.5.